The minimum atomic E-state index is 0.0543. The van der Waals surface area contributed by atoms with Gasteiger partial charge in [0.1, 0.15) is 0 Å². The van der Waals surface area contributed by atoms with Crippen LogP contribution in [0.1, 0.15) is 10.4 Å². The van der Waals surface area contributed by atoms with Crippen molar-refractivity contribution in [2.45, 2.75) is 0 Å². The van der Waals surface area contributed by atoms with Crippen LogP contribution in [0.25, 0.3) is 17.3 Å². The molecular weight excluding hydrogens is 395 g/mol. The number of aromatic hydroxyl groups is 1. The van der Waals surface area contributed by atoms with Crippen LogP contribution < -0.4 is 0 Å². The van der Waals surface area contributed by atoms with Crippen molar-refractivity contribution in [3.63, 3.8) is 0 Å². The van der Waals surface area contributed by atoms with Crippen LogP contribution in [0.15, 0.2) is 47.5 Å². The number of nitrogens with zero attached hydrogens (tertiary/aromatic N) is 2. The highest BCUT2D eigenvalue weighted by molar-refractivity contribution is 7.73. The number of benzene rings is 2. The first-order valence-electron chi connectivity index (χ1n) is 7.29. The van der Waals surface area contributed by atoms with Crippen molar-refractivity contribution in [1.29, 1.82) is 0 Å². The SMILES string of the molecule is Oc1c(C=C2C=Nc3ccccc32)sc(=S)n1-c1cc(Cl)cc(Cl)c1. The first-order chi connectivity index (χ1) is 12.0. The number of hydrogen-bond donors (Lipinski definition) is 1. The van der Waals surface area contributed by atoms with Gasteiger partial charge in [-0.15, -0.1) is 11.3 Å². The minimum absolute atomic E-state index is 0.0543. The lowest BCUT2D eigenvalue weighted by Gasteiger charge is -2.06. The summed E-state index contributed by atoms with van der Waals surface area (Å²) in [7, 11) is 0. The second-order valence-electron chi connectivity index (χ2n) is 5.39. The molecule has 2 aromatic carbocycles. The molecule has 3 nitrogen and oxygen atoms in total. The average Bonchev–Trinajstić information content (AvgIpc) is 3.08. The summed E-state index contributed by atoms with van der Waals surface area (Å²) in [6.07, 6.45) is 3.67. The predicted molar refractivity (Wildman–Crippen MR) is 109 cm³/mol. The van der Waals surface area contributed by atoms with E-state index in [-0.39, 0.29) is 5.88 Å². The second kappa shape index (κ2) is 6.42. The van der Waals surface area contributed by atoms with Gasteiger partial charge in [0, 0.05) is 27.4 Å². The largest absolute Gasteiger partial charge is 0.493 e. The molecule has 7 heteroatoms. The Hall–Kier alpha value is -1.92. The molecule has 1 aliphatic heterocycles. The summed E-state index contributed by atoms with van der Waals surface area (Å²) in [5.74, 6) is 0.0543. The van der Waals surface area contributed by atoms with Crippen LogP contribution in [0.3, 0.4) is 0 Å². The van der Waals surface area contributed by atoms with E-state index < -0.39 is 0 Å². The molecule has 2 heterocycles. The highest BCUT2D eigenvalue weighted by Crippen LogP contribution is 2.37. The highest BCUT2D eigenvalue weighted by Gasteiger charge is 2.16. The Morgan fingerprint density at radius 2 is 1.84 bits per heavy atom. The number of allylic oxidation sites excluding steroid dienone is 1. The summed E-state index contributed by atoms with van der Waals surface area (Å²) in [5.41, 5.74) is 3.50. The number of thiazole rings is 1. The Bertz CT molecular complexity index is 1090. The quantitative estimate of drug-likeness (QED) is 0.492. The molecule has 25 heavy (non-hydrogen) atoms. The lowest BCUT2D eigenvalue weighted by Crippen LogP contribution is -1.93. The van der Waals surface area contributed by atoms with Crippen molar-refractivity contribution in [2.75, 3.05) is 0 Å². The van der Waals surface area contributed by atoms with Gasteiger partial charge in [-0.3, -0.25) is 9.56 Å². The number of aliphatic imine (C=N–C) groups is 1. The van der Waals surface area contributed by atoms with Gasteiger partial charge in [0.05, 0.1) is 16.3 Å². The van der Waals surface area contributed by atoms with Crippen LogP contribution in [-0.2, 0) is 0 Å². The Morgan fingerprint density at radius 1 is 1.12 bits per heavy atom. The van der Waals surface area contributed by atoms with Crippen molar-refractivity contribution in [2.24, 2.45) is 4.99 Å². The number of rotatable bonds is 2. The summed E-state index contributed by atoms with van der Waals surface area (Å²) in [6.45, 7) is 0. The number of fused-ring (bicyclic) bond motifs is 1. The molecule has 1 aliphatic rings. The van der Waals surface area contributed by atoms with E-state index in [1.54, 1.807) is 29.0 Å². The zero-order valence-corrected chi connectivity index (χ0v) is 15.8. The summed E-state index contributed by atoms with van der Waals surface area (Å²) >= 11 is 18.9. The van der Waals surface area contributed by atoms with Crippen molar-refractivity contribution in [1.82, 2.24) is 4.57 Å². The molecule has 124 valence electrons. The van der Waals surface area contributed by atoms with Crippen LogP contribution in [0.5, 0.6) is 5.88 Å². The number of para-hydroxylation sites is 1. The van der Waals surface area contributed by atoms with Gasteiger partial charge < -0.3 is 5.11 Å². The molecule has 0 aliphatic carbocycles. The molecule has 0 atom stereocenters. The molecule has 0 fully saturated rings. The third kappa shape index (κ3) is 3.04. The molecular formula is C18H10Cl2N2OS2. The monoisotopic (exact) mass is 404 g/mol. The second-order valence-corrected chi connectivity index (χ2v) is 7.94. The van der Waals surface area contributed by atoms with Crippen molar-refractivity contribution < 1.29 is 5.11 Å². The van der Waals surface area contributed by atoms with Crippen LogP contribution in [0.2, 0.25) is 10.0 Å². The van der Waals surface area contributed by atoms with E-state index in [2.05, 4.69) is 4.99 Å². The van der Waals surface area contributed by atoms with E-state index in [0.29, 0.717) is 24.6 Å². The van der Waals surface area contributed by atoms with Crippen LogP contribution >= 0.6 is 46.8 Å². The van der Waals surface area contributed by atoms with Crippen molar-refractivity contribution in [3.8, 4) is 11.6 Å². The Morgan fingerprint density at radius 3 is 2.60 bits per heavy atom. The molecule has 1 N–H and O–H groups in total. The van der Waals surface area contributed by atoms with E-state index in [9.17, 15) is 5.11 Å². The molecule has 0 spiro atoms. The van der Waals surface area contributed by atoms with Gasteiger partial charge in [0.15, 0.2) is 3.95 Å². The van der Waals surface area contributed by atoms with E-state index in [0.717, 1.165) is 16.8 Å². The topological polar surface area (TPSA) is 37.5 Å². The molecule has 0 bridgehead atoms. The first-order valence-corrected chi connectivity index (χ1v) is 9.27. The van der Waals surface area contributed by atoms with Crippen molar-refractivity contribution >= 4 is 70.3 Å². The smallest absolute Gasteiger partial charge is 0.215 e. The van der Waals surface area contributed by atoms with Crippen LogP contribution in [0.4, 0.5) is 5.69 Å². The fourth-order valence-corrected chi connectivity index (χ4v) is 4.48. The zero-order valence-electron chi connectivity index (χ0n) is 12.6. The molecule has 0 radical (unpaired) electrons. The van der Waals surface area contributed by atoms with Gasteiger partial charge in [-0.1, -0.05) is 41.4 Å². The standard InChI is InChI=1S/C18H10Cl2N2OS2/c19-11-6-12(20)8-13(7-11)22-17(23)16(25-18(22)24)5-10-9-21-15-4-2-1-3-14(10)15/h1-9,23H. The number of halogens is 2. The van der Waals surface area contributed by atoms with Gasteiger partial charge in [-0.2, -0.15) is 0 Å². The first kappa shape index (κ1) is 16.5. The van der Waals surface area contributed by atoms with E-state index >= 15 is 0 Å². The maximum Gasteiger partial charge on any atom is 0.215 e. The maximum atomic E-state index is 10.7. The number of aromatic nitrogens is 1. The Balaban J connectivity index is 1.83. The Kier molecular flexibility index (Phi) is 4.25. The molecule has 0 amide bonds. The zero-order chi connectivity index (χ0) is 17.6. The van der Waals surface area contributed by atoms with E-state index in [1.165, 1.54) is 11.3 Å². The molecule has 1 aromatic heterocycles. The van der Waals surface area contributed by atoms with Gasteiger partial charge in [0.2, 0.25) is 5.88 Å². The van der Waals surface area contributed by atoms with Crippen LogP contribution in [0, 0.1) is 3.95 Å². The highest BCUT2D eigenvalue weighted by atomic mass is 35.5. The third-order valence-electron chi connectivity index (χ3n) is 3.76. The molecule has 0 unspecified atom stereocenters. The van der Waals surface area contributed by atoms with Crippen LogP contribution in [-0.4, -0.2) is 15.9 Å². The summed E-state index contributed by atoms with van der Waals surface area (Å²) in [5, 5.41) is 11.6. The Labute approximate surface area is 163 Å². The molecule has 3 aromatic rings. The summed E-state index contributed by atoms with van der Waals surface area (Å²) < 4.78 is 2.06. The molecule has 0 saturated heterocycles. The van der Waals surface area contributed by atoms with Gasteiger partial charge in [-0.05, 0) is 42.6 Å². The predicted octanol–water partition coefficient (Wildman–Crippen LogP) is 6.54. The normalized spacial score (nSPS) is 14.2. The van der Waals surface area contributed by atoms with Crippen molar-refractivity contribution in [3.05, 3.63) is 66.9 Å². The summed E-state index contributed by atoms with van der Waals surface area (Å²) in [6, 6.07) is 12.9. The van der Waals surface area contributed by atoms with E-state index in [4.69, 9.17) is 35.4 Å². The van der Waals surface area contributed by atoms with Gasteiger partial charge >= 0.3 is 0 Å². The van der Waals surface area contributed by atoms with Gasteiger partial charge in [-0.25, -0.2) is 0 Å². The number of hydrogen-bond acceptors (Lipinski definition) is 4. The fourth-order valence-electron chi connectivity index (χ4n) is 2.67. The average molecular weight is 405 g/mol. The summed E-state index contributed by atoms with van der Waals surface area (Å²) in [4.78, 5) is 5.03. The fraction of sp³-hybridized carbons (Fsp3) is 0. The third-order valence-corrected chi connectivity index (χ3v) is 5.51. The minimum Gasteiger partial charge on any atom is -0.493 e. The lowest BCUT2D eigenvalue weighted by molar-refractivity contribution is 0.441. The maximum absolute atomic E-state index is 10.7. The molecule has 4 rings (SSSR count). The van der Waals surface area contributed by atoms with Gasteiger partial charge in [0.25, 0.3) is 0 Å². The molecule has 0 saturated carbocycles. The lowest BCUT2D eigenvalue weighted by atomic mass is 10.1. The van der Waals surface area contributed by atoms with E-state index in [1.807, 2.05) is 30.3 Å².